The first-order chi connectivity index (χ1) is 14.5. The van der Waals surface area contributed by atoms with E-state index in [1.807, 2.05) is 16.4 Å². The van der Waals surface area contributed by atoms with Gasteiger partial charge in [-0.15, -0.1) is 10.2 Å². The molecule has 30 heavy (non-hydrogen) atoms. The van der Waals surface area contributed by atoms with Crippen molar-refractivity contribution in [2.24, 2.45) is 11.3 Å². The number of fused-ring (bicyclic) bond motifs is 1. The molecule has 1 saturated carbocycles. The number of aryl methyl sites for hydroxylation is 3. The van der Waals surface area contributed by atoms with Gasteiger partial charge in [-0.1, -0.05) is 5.16 Å². The Bertz CT molecular complexity index is 972. The number of amides is 2. The summed E-state index contributed by atoms with van der Waals surface area (Å²) in [6.07, 6.45) is 5.99. The highest BCUT2D eigenvalue weighted by Crippen LogP contribution is 2.41. The van der Waals surface area contributed by atoms with Gasteiger partial charge >= 0.3 is 0 Å². The second kappa shape index (κ2) is 7.21. The molecule has 3 aliphatic rings. The molecule has 160 valence electrons. The third-order valence-corrected chi connectivity index (χ3v) is 7.00. The lowest BCUT2D eigenvalue weighted by molar-refractivity contribution is 0.0764. The molecule has 1 spiro atoms. The summed E-state index contributed by atoms with van der Waals surface area (Å²) in [5, 5.41) is 15.4. The van der Waals surface area contributed by atoms with Gasteiger partial charge in [0, 0.05) is 32.6 Å². The van der Waals surface area contributed by atoms with Crippen LogP contribution < -0.4 is 5.32 Å². The Hall–Kier alpha value is -2.71. The van der Waals surface area contributed by atoms with Crippen LogP contribution in [0.15, 0.2) is 4.52 Å². The predicted octanol–water partition coefficient (Wildman–Crippen LogP) is 1.89. The van der Waals surface area contributed by atoms with Crippen LogP contribution in [0.5, 0.6) is 0 Å². The smallest absolute Gasteiger partial charge is 0.289 e. The van der Waals surface area contributed by atoms with E-state index >= 15 is 0 Å². The Balaban J connectivity index is 1.27. The van der Waals surface area contributed by atoms with Crippen LogP contribution in [0.4, 0.5) is 0 Å². The highest BCUT2D eigenvalue weighted by Gasteiger charge is 2.42. The molecule has 1 N–H and O–H groups in total. The van der Waals surface area contributed by atoms with E-state index in [0.717, 1.165) is 51.1 Å². The van der Waals surface area contributed by atoms with Gasteiger partial charge in [-0.2, -0.15) is 0 Å². The molecule has 2 amide bonds. The standard InChI is InChI=1S/C21H28N6O3/c1-13-17(14(2)30-25-13)20(29)26-9-7-21(12-26)6-5-16-23-24-18(27(16)10-8-21)19(28)22-11-15-3-4-15/h15H,3-12H2,1-2H3,(H,22,28)/t21-/m0/s1. The zero-order valence-corrected chi connectivity index (χ0v) is 17.6. The van der Waals surface area contributed by atoms with E-state index in [0.29, 0.717) is 35.3 Å². The Labute approximate surface area is 175 Å². The van der Waals surface area contributed by atoms with Crippen molar-refractivity contribution < 1.29 is 14.1 Å². The number of hydrogen-bond acceptors (Lipinski definition) is 6. The zero-order chi connectivity index (χ0) is 20.9. The number of hydrogen-bond donors (Lipinski definition) is 1. The van der Waals surface area contributed by atoms with E-state index in [-0.39, 0.29) is 17.2 Å². The minimum atomic E-state index is -0.127. The fourth-order valence-electron chi connectivity index (χ4n) is 4.88. The van der Waals surface area contributed by atoms with Crippen molar-refractivity contribution in [2.75, 3.05) is 19.6 Å². The molecule has 5 rings (SSSR count). The van der Waals surface area contributed by atoms with Crippen LogP contribution in [0.2, 0.25) is 0 Å². The topological polar surface area (TPSA) is 106 Å². The fraction of sp³-hybridized carbons (Fsp3) is 0.667. The van der Waals surface area contributed by atoms with Crippen LogP contribution in [0, 0.1) is 25.2 Å². The molecule has 0 unspecified atom stereocenters. The van der Waals surface area contributed by atoms with Crippen LogP contribution in [0.1, 0.15) is 70.4 Å². The van der Waals surface area contributed by atoms with Crippen molar-refractivity contribution in [1.82, 2.24) is 30.1 Å². The van der Waals surface area contributed by atoms with Crippen molar-refractivity contribution in [1.29, 1.82) is 0 Å². The maximum absolute atomic E-state index is 13.1. The lowest BCUT2D eigenvalue weighted by Crippen LogP contribution is -2.33. The van der Waals surface area contributed by atoms with Gasteiger partial charge in [0.15, 0.2) is 0 Å². The lowest BCUT2D eigenvalue weighted by atomic mass is 9.80. The third-order valence-electron chi connectivity index (χ3n) is 7.00. The van der Waals surface area contributed by atoms with E-state index in [1.165, 1.54) is 12.8 Å². The Kier molecular flexibility index (Phi) is 4.63. The van der Waals surface area contributed by atoms with Crippen molar-refractivity contribution >= 4 is 11.8 Å². The van der Waals surface area contributed by atoms with Crippen LogP contribution >= 0.6 is 0 Å². The molecular formula is C21H28N6O3. The van der Waals surface area contributed by atoms with E-state index in [9.17, 15) is 9.59 Å². The number of carbonyl (C=O) groups excluding carboxylic acids is 2. The average molecular weight is 412 g/mol. The minimum Gasteiger partial charge on any atom is -0.361 e. The third kappa shape index (κ3) is 3.40. The zero-order valence-electron chi connectivity index (χ0n) is 17.6. The molecule has 2 aliphatic heterocycles. The van der Waals surface area contributed by atoms with Crippen LogP contribution in [-0.4, -0.2) is 56.3 Å². The van der Waals surface area contributed by atoms with Gasteiger partial charge in [0.25, 0.3) is 11.8 Å². The van der Waals surface area contributed by atoms with E-state index in [4.69, 9.17) is 4.52 Å². The van der Waals surface area contributed by atoms with Gasteiger partial charge in [0.05, 0.1) is 5.69 Å². The highest BCUT2D eigenvalue weighted by atomic mass is 16.5. The number of nitrogens with one attached hydrogen (secondary N) is 1. The predicted molar refractivity (Wildman–Crippen MR) is 107 cm³/mol. The first kappa shape index (κ1) is 19.3. The second-order valence-electron chi connectivity index (χ2n) is 9.17. The summed E-state index contributed by atoms with van der Waals surface area (Å²) in [5.41, 5.74) is 1.29. The number of likely N-dealkylation sites (tertiary alicyclic amines) is 1. The van der Waals surface area contributed by atoms with E-state index in [1.54, 1.807) is 6.92 Å². The quantitative estimate of drug-likeness (QED) is 0.822. The molecule has 9 heteroatoms. The number of rotatable bonds is 4. The summed E-state index contributed by atoms with van der Waals surface area (Å²) in [4.78, 5) is 27.6. The summed E-state index contributed by atoms with van der Waals surface area (Å²) in [5.74, 6) is 2.38. The molecular weight excluding hydrogens is 384 g/mol. The molecule has 9 nitrogen and oxygen atoms in total. The van der Waals surface area contributed by atoms with Crippen molar-refractivity contribution in [3.05, 3.63) is 28.7 Å². The van der Waals surface area contributed by atoms with E-state index < -0.39 is 0 Å². The first-order valence-electron chi connectivity index (χ1n) is 10.9. The molecule has 2 aromatic heterocycles. The Morgan fingerprint density at radius 2 is 1.97 bits per heavy atom. The summed E-state index contributed by atoms with van der Waals surface area (Å²) in [7, 11) is 0. The summed E-state index contributed by atoms with van der Waals surface area (Å²) < 4.78 is 7.17. The number of nitrogens with zero attached hydrogens (tertiary/aromatic N) is 5. The van der Waals surface area contributed by atoms with Gasteiger partial charge in [-0.25, -0.2) is 0 Å². The molecule has 2 fully saturated rings. The molecule has 2 aromatic rings. The summed E-state index contributed by atoms with van der Waals surface area (Å²) in [6.45, 7) is 6.48. The van der Waals surface area contributed by atoms with Gasteiger partial charge in [0.1, 0.15) is 17.1 Å². The molecule has 0 aromatic carbocycles. The SMILES string of the molecule is Cc1noc(C)c1C(=O)N1CC[C@]2(CCc3nnc(C(=O)NCC4CC4)n3CC2)C1. The van der Waals surface area contributed by atoms with Crippen molar-refractivity contribution in [2.45, 2.75) is 58.9 Å². The Morgan fingerprint density at radius 1 is 1.17 bits per heavy atom. The number of carbonyl (C=O) groups is 2. The maximum atomic E-state index is 13.1. The number of aromatic nitrogens is 4. The average Bonchev–Trinajstić information content (AvgIpc) is 3.24. The maximum Gasteiger partial charge on any atom is 0.289 e. The van der Waals surface area contributed by atoms with E-state index in [2.05, 4.69) is 20.7 Å². The molecule has 4 heterocycles. The van der Waals surface area contributed by atoms with Gasteiger partial charge < -0.3 is 19.3 Å². The van der Waals surface area contributed by atoms with Crippen LogP contribution in [-0.2, 0) is 13.0 Å². The van der Waals surface area contributed by atoms with Gasteiger partial charge in [-0.05, 0) is 57.3 Å². The van der Waals surface area contributed by atoms with Gasteiger partial charge in [0.2, 0.25) is 5.82 Å². The molecule has 0 radical (unpaired) electrons. The Morgan fingerprint density at radius 3 is 2.70 bits per heavy atom. The van der Waals surface area contributed by atoms with Crippen LogP contribution in [0.3, 0.4) is 0 Å². The van der Waals surface area contributed by atoms with Crippen molar-refractivity contribution in [3.8, 4) is 0 Å². The summed E-state index contributed by atoms with van der Waals surface area (Å²) in [6, 6.07) is 0. The highest BCUT2D eigenvalue weighted by molar-refractivity contribution is 5.96. The van der Waals surface area contributed by atoms with Gasteiger partial charge in [-0.3, -0.25) is 9.59 Å². The van der Waals surface area contributed by atoms with Crippen molar-refractivity contribution in [3.63, 3.8) is 0 Å². The molecule has 1 atom stereocenters. The molecule has 1 aliphatic carbocycles. The second-order valence-corrected chi connectivity index (χ2v) is 9.17. The minimum absolute atomic E-state index is 0.00641. The molecule has 0 bridgehead atoms. The summed E-state index contributed by atoms with van der Waals surface area (Å²) >= 11 is 0. The molecule has 1 saturated heterocycles. The normalized spacial score (nSPS) is 23.5. The monoisotopic (exact) mass is 412 g/mol. The van der Waals surface area contributed by atoms with Crippen LogP contribution in [0.25, 0.3) is 0 Å². The largest absolute Gasteiger partial charge is 0.361 e. The fourth-order valence-corrected chi connectivity index (χ4v) is 4.88. The lowest BCUT2D eigenvalue weighted by Gasteiger charge is -2.27. The first-order valence-corrected chi connectivity index (χ1v) is 10.9.